The second-order valence-electron chi connectivity index (χ2n) is 6.65. The molecule has 0 bridgehead atoms. The van der Waals surface area contributed by atoms with E-state index in [0.29, 0.717) is 23.8 Å². The van der Waals surface area contributed by atoms with Gasteiger partial charge < -0.3 is 19.9 Å². The zero-order valence-corrected chi connectivity index (χ0v) is 13.3. The summed E-state index contributed by atoms with van der Waals surface area (Å²) in [5, 5.41) is 10.0. The first-order chi connectivity index (χ1) is 11.1. The summed E-state index contributed by atoms with van der Waals surface area (Å²) in [6.07, 6.45) is 3.47. The summed E-state index contributed by atoms with van der Waals surface area (Å²) in [6.45, 7) is 3.39. The maximum absolute atomic E-state index is 11.6. The number of aromatic amines is 1. The molecule has 2 aromatic heterocycles. The summed E-state index contributed by atoms with van der Waals surface area (Å²) in [5.41, 5.74) is 0.852. The van der Waals surface area contributed by atoms with Gasteiger partial charge in [0.2, 0.25) is 5.91 Å². The number of piperidine rings is 1. The molecule has 1 saturated carbocycles. The van der Waals surface area contributed by atoms with E-state index in [4.69, 9.17) is 5.11 Å². The number of carbonyl (C=O) groups excluding carboxylic acids is 1. The highest BCUT2D eigenvalue weighted by atomic mass is 16.3. The van der Waals surface area contributed by atoms with E-state index in [0.717, 1.165) is 29.9 Å². The van der Waals surface area contributed by atoms with Crippen molar-refractivity contribution in [2.24, 2.45) is 17.8 Å². The number of nitrogens with zero attached hydrogens (tertiary/aromatic N) is 4. The van der Waals surface area contributed by atoms with Gasteiger partial charge in [0.25, 0.3) is 0 Å². The number of likely N-dealkylation sites (tertiary alicyclic amines) is 1. The lowest BCUT2D eigenvalue weighted by atomic mass is 10.1. The van der Waals surface area contributed by atoms with E-state index in [2.05, 4.69) is 33.8 Å². The van der Waals surface area contributed by atoms with Crippen LogP contribution in [-0.2, 0) is 4.79 Å². The Kier molecular flexibility index (Phi) is 3.26. The van der Waals surface area contributed by atoms with Crippen LogP contribution in [-0.4, -0.2) is 63.7 Å². The first kappa shape index (κ1) is 14.4. The lowest BCUT2D eigenvalue weighted by Crippen LogP contribution is -2.38. The monoisotopic (exact) mass is 315 g/mol. The van der Waals surface area contributed by atoms with E-state index in [1.165, 1.54) is 0 Å². The molecule has 0 spiro atoms. The number of amides is 1. The second-order valence-corrected chi connectivity index (χ2v) is 6.65. The molecule has 0 radical (unpaired) electrons. The van der Waals surface area contributed by atoms with Crippen molar-refractivity contribution in [2.45, 2.75) is 13.0 Å². The first-order valence-electron chi connectivity index (χ1n) is 8.01. The number of rotatable bonds is 4. The molecule has 0 aromatic carbocycles. The minimum Gasteiger partial charge on any atom is -0.387 e. The highest BCUT2D eigenvalue weighted by Gasteiger charge is 2.59. The van der Waals surface area contributed by atoms with Crippen molar-refractivity contribution in [3.63, 3.8) is 0 Å². The van der Waals surface area contributed by atoms with Crippen LogP contribution in [0.1, 0.15) is 6.92 Å². The minimum absolute atomic E-state index is 0.151. The third kappa shape index (κ3) is 2.18. The molecule has 7 heteroatoms. The molecule has 2 N–H and O–H groups in total. The standard InChI is InChI=1S/C16H21N5O2/c1-9(14-11-5-21(6-12(11)14)13(23)7-22)20(2)16-10-3-4-17-15(10)18-8-19-16/h3-4,8-9,11-12,14,22H,5-7H2,1-2H3,(H,17,18,19)/t9?,11-,12?,14+/m1/s1. The smallest absolute Gasteiger partial charge is 0.248 e. The van der Waals surface area contributed by atoms with Crippen molar-refractivity contribution < 1.29 is 9.90 Å². The normalized spacial score (nSPS) is 27.1. The van der Waals surface area contributed by atoms with Gasteiger partial charge in [0.05, 0.1) is 5.39 Å². The molecule has 2 aromatic rings. The average Bonchev–Trinajstić information content (AvgIpc) is 2.97. The SMILES string of the molecule is CC([C@@H]1C2CN(C(=O)CO)C[C@H]21)N(C)c1ncnc2[nH]ccc12. The zero-order valence-electron chi connectivity index (χ0n) is 13.3. The van der Waals surface area contributed by atoms with E-state index < -0.39 is 0 Å². The van der Waals surface area contributed by atoms with E-state index in [1.807, 2.05) is 12.3 Å². The molecule has 4 atom stereocenters. The molecule has 1 amide bonds. The van der Waals surface area contributed by atoms with Crippen molar-refractivity contribution in [1.82, 2.24) is 19.9 Å². The molecule has 2 aliphatic rings. The number of carbonyl (C=O) groups is 1. The van der Waals surface area contributed by atoms with Gasteiger partial charge in [-0.1, -0.05) is 0 Å². The summed E-state index contributed by atoms with van der Waals surface area (Å²) in [4.78, 5) is 27.4. The fourth-order valence-corrected chi connectivity index (χ4v) is 4.18. The number of aliphatic hydroxyl groups excluding tert-OH is 1. The topological polar surface area (TPSA) is 85.3 Å². The molecular weight excluding hydrogens is 294 g/mol. The number of hydrogen-bond acceptors (Lipinski definition) is 5. The number of nitrogens with one attached hydrogen (secondary N) is 1. The highest BCUT2D eigenvalue weighted by molar-refractivity contribution is 5.87. The third-order valence-electron chi connectivity index (χ3n) is 5.58. The Bertz CT molecular complexity index is 733. The van der Waals surface area contributed by atoms with Crippen LogP contribution < -0.4 is 4.90 Å². The zero-order chi connectivity index (χ0) is 16.1. The first-order valence-corrected chi connectivity index (χ1v) is 8.01. The Balaban J connectivity index is 1.48. The summed E-state index contributed by atoms with van der Waals surface area (Å²) in [7, 11) is 2.07. The largest absolute Gasteiger partial charge is 0.387 e. The Labute approximate surface area is 134 Å². The fraction of sp³-hybridized carbons (Fsp3) is 0.562. The number of fused-ring (bicyclic) bond motifs is 2. The van der Waals surface area contributed by atoms with Gasteiger partial charge in [-0.15, -0.1) is 0 Å². The van der Waals surface area contributed by atoms with Crippen molar-refractivity contribution in [2.75, 3.05) is 31.6 Å². The Morgan fingerprint density at radius 2 is 2.22 bits per heavy atom. The lowest BCUT2D eigenvalue weighted by molar-refractivity contribution is -0.133. The predicted molar refractivity (Wildman–Crippen MR) is 85.9 cm³/mol. The van der Waals surface area contributed by atoms with Crippen LogP contribution in [0.3, 0.4) is 0 Å². The van der Waals surface area contributed by atoms with E-state index in [-0.39, 0.29) is 12.5 Å². The number of aliphatic hydroxyl groups is 1. The predicted octanol–water partition coefficient (Wildman–Crippen LogP) is 0.479. The molecule has 7 nitrogen and oxygen atoms in total. The maximum Gasteiger partial charge on any atom is 0.248 e. The quantitative estimate of drug-likeness (QED) is 0.857. The maximum atomic E-state index is 11.6. The van der Waals surface area contributed by atoms with Crippen LogP contribution in [0.4, 0.5) is 5.82 Å². The molecule has 23 heavy (non-hydrogen) atoms. The van der Waals surface area contributed by atoms with Gasteiger partial charge >= 0.3 is 0 Å². The van der Waals surface area contributed by atoms with Gasteiger partial charge in [-0.3, -0.25) is 4.79 Å². The number of H-pyrrole nitrogens is 1. The van der Waals surface area contributed by atoms with Crippen molar-refractivity contribution in [3.05, 3.63) is 18.6 Å². The molecule has 3 heterocycles. The lowest BCUT2D eigenvalue weighted by Gasteiger charge is -2.29. The van der Waals surface area contributed by atoms with Gasteiger partial charge in [-0.05, 0) is 30.7 Å². The number of anilines is 1. The fourth-order valence-electron chi connectivity index (χ4n) is 4.18. The molecule has 1 saturated heterocycles. The van der Waals surface area contributed by atoms with Gasteiger partial charge in [0.1, 0.15) is 24.4 Å². The van der Waals surface area contributed by atoms with Gasteiger partial charge in [-0.2, -0.15) is 0 Å². The van der Waals surface area contributed by atoms with Crippen molar-refractivity contribution in [1.29, 1.82) is 0 Å². The Hall–Kier alpha value is -2.15. The Morgan fingerprint density at radius 1 is 1.48 bits per heavy atom. The summed E-state index contributed by atoms with van der Waals surface area (Å²) in [5.74, 6) is 2.46. The molecule has 2 unspecified atom stereocenters. The average molecular weight is 315 g/mol. The van der Waals surface area contributed by atoms with E-state index in [9.17, 15) is 4.79 Å². The summed E-state index contributed by atoms with van der Waals surface area (Å²) < 4.78 is 0. The van der Waals surface area contributed by atoms with Gasteiger partial charge in [0.15, 0.2) is 0 Å². The van der Waals surface area contributed by atoms with Crippen LogP contribution in [0.15, 0.2) is 18.6 Å². The molecular formula is C16H21N5O2. The van der Waals surface area contributed by atoms with E-state index in [1.54, 1.807) is 11.2 Å². The van der Waals surface area contributed by atoms with Gasteiger partial charge in [-0.25, -0.2) is 9.97 Å². The molecule has 1 aliphatic carbocycles. The number of hydrogen-bond donors (Lipinski definition) is 2. The summed E-state index contributed by atoms with van der Waals surface area (Å²) >= 11 is 0. The van der Waals surface area contributed by atoms with Gasteiger partial charge in [0, 0.05) is 32.4 Å². The molecule has 2 fully saturated rings. The Morgan fingerprint density at radius 3 is 2.91 bits per heavy atom. The van der Waals surface area contributed by atoms with Crippen LogP contribution in [0.2, 0.25) is 0 Å². The summed E-state index contributed by atoms with van der Waals surface area (Å²) in [6, 6.07) is 2.35. The second kappa shape index (κ2) is 5.19. The van der Waals surface area contributed by atoms with Crippen LogP contribution >= 0.6 is 0 Å². The van der Waals surface area contributed by atoms with Crippen LogP contribution in [0, 0.1) is 17.8 Å². The van der Waals surface area contributed by atoms with E-state index >= 15 is 0 Å². The van der Waals surface area contributed by atoms with Crippen LogP contribution in [0.25, 0.3) is 11.0 Å². The van der Waals surface area contributed by atoms with Crippen LogP contribution in [0.5, 0.6) is 0 Å². The molecule has 4 rings (SSSR count). The van der Waals surface area contributed by atoms with Crippen molar-refractivity contribution in [3.8, 4) is 0 Å². The highest BCUT2D eigenvalue weighted by Crippen LogP contribution is 2.54. The van der Waals surface area contributed by atoms with Crippen molar-refractivity contribution >= 4 is 22.8 Å². The third-order valence-corrected chi connectivity index (χ3v) is 5.58. The molecule has 1 aliphatic heterocycles. The number of aromatic nitrogens is 3. The minimum atomic E-state index is -0.383. The molecule has 122 valence electrons.